The van der Waals surface area contributed by atoms with E-state index in [1.165, 1.54) is 25.3 Å². The van der Waals surface area contributed by atoms with Gasteiger partial charge in [-0.1, -0.05) is 37.3 Å². The monoisotopic (exact) mass is 357 g/mol. The van der Waals surface area contributed by atoms with Gasteiger partial charge in [0.2, 0.25) is 5.91 Å². The van der Waals surface area contributed by atoms with Crippen LogP contribution in [0, 0.1) is 10.1 Å². The van der Waals surface area contributed by atoms with E-state index in [0.29, 0.717) is 12.2 Å². The molecular formula is C19H23N3O4. The fraction of sp³-hybridized carbons (Fsp3) is 0.316. The standard InChI is InChI=1S/C19H23N3O4/c1-3-11-21(13-15-7-5-4-6-8-15)14-19(23)20-17-10-9-16(22(24)25)12-18(17)26-2/h4-10,12H,3,11,13-14H2,1-2H3,(H,20,23). The van der Waals surface area contributed by atoms with Gasteiger partial charge in [0.05, 0.1) is 30.3 Å². The first kappa shape index (κ1) is 19.4. The normalized spacial score (nSPS) is 10.6. The summed E-state index contributed by atoms with van der Waals surface area (Å²) in [7, 11) is 1.41. The molecule has 0 heterocycles. The maximum atomic E-state index is 12.4. The second-order valence-electron chi connectivity index (χ2n) is 5.89. The number of nitrogens with zero attached hydrogens (tertiary/aromatic N) is 2. The molecule has 0 aliphatic carbocycles. The molecule has 0 atom stereocenters. The number of non-ortho nitro benzene ring substituents is 1. The number of nitro benzene ring substituents is 1. The Balaban J connectivity index is 2.04. The lowest BCUT2D eigenvalue weighted by atomic mass is 10.2. The van der Waals surface area contributed by atoms with Crippen LogP contribution in [0.5, 0.6) is 5.75 Å². The Morgan fingerprint density at radius 1 is 1.23 bits per heavy atom. The average Bonchev–Trinajstić information content (AvgIpc) is 2.62. The summed E-state index contributed by atoms with van der Waals surface area (Å²) in [6.45, 7) is 3.76. The Kier molecular flexibility index (Phi) is 7.11. The number of benzene rings is 2. The Morgan fingerprint density at radius 3 is 2.58 bits per heavy atom. The highest BCUT2D eigenvalue weighted by molar-refractivity contribution is 5.93. The number of hydrogen-bond donors (Lipinski definition) is 1. The summed E-state index contributed by atoms with van der Waals surface area (Å²) < 4.78 is 5.15. The molecule has 0 spiro atoms. The van der Waals surface area contributed by atoms with E-state index in [-0.39, 0.29) is 23.9 Å². The molecule has 2 rings (SSSR count). The molecule has 26 heavy (non-hydrogen) atoms. The molecule has 1 amide bonds. The Labute approximate surface area is 152 Å². The summed E-state index contributed by atoms with van der Waals surface area (Å²) in [5.74, 6) is 0.0687. The van der Waals surface area contributed by atoms with Crippen molar-refractivity contribution in [2.24, 2.45) is 0 Å². The summed E-state index contributed by atoms with van der Waals surface area (Å²) >= 11 is 0. The van der Waals surface area contributed by atoms with Gasteiger partial charge in [0, 0.05) is 12.6 Å². The van der Waals surface area contributed by atoms with E-state index in [2.05, 4.69) is 17.1 Å². The summed E-state index contributed by atoms with van der Waals surface area (Å²) in [5, 5.41) is 13.6. The summed E-state index contributed by atoms with van der Waals surface area (Å²) in [5.41, 5.74) is 1.47. The third-order valence-electron chi connectivity index (χ3n) is 3.83. The van der Waals surface area contributed by atoms with E-state index in [1.807, 2.05) is 30.3 Å². The first-order chi connectivity index (χ1) is 12.5. The van der Waals surface area contributed by atoms with Gasteiger partial charge in [0.1, 0.15) is 5.75 Å². The van der Waals surface area contributed by atoms with E-state index in [0.717, 1.165) is 18.5 Å². The lowest BCUT2D eigenvalue weighted by Gasteiger charge is -2.21. The van der Waals surface area contributed by atoms with Gasteiger partial charge in [0.15, 0.2) is 0 Å². The molecule has 0 radical (unpaired) electrons. The molecule has 0 fully saturated rings. The number of anilines is 1. The first-order valence-corrected chi connectivity index (χ1v) is 8.42. The summed E-state index contributed by atoms with van der Waals surface area (Å²) in [4.78, 5) is 24.8. The molecule has 0 aromatic heterocycles. The predicted molar refractivity (Wildman–Crippen MR) is 100 cm³/mol. The number of ether oxygens (including phenoxy) is 1. The number of hydrogen-bond acceptors (Lipinski definition) is 5. The van der Waals surface area contributed by atoms with Crippen LogP contribution in [-0.4, -0.2) is 35.9 Å². The van der Waals surface area contributed by atoms with Gasteiger partial charge in [-0.15, -0.1) is 0 Å². The zero-order valence-electron chi connectivity index (χ0n) is 15.0. The van der Waals surface area contributed by atoms with Crippen LogP contribution in [0.1, 0.15) is 18.9 Å². The van der Waals surface area contributed by atoms with Crippen LogP contribution in [-0.2, 0) is 11.3 Å². The first-order valence-electron chi connectivity index (χ1n) is 8.42. The van der Waals surface area contributed by atoms with Crippen LogP contribution in [0.15, 0.2) is 48.5 Å². The zero-order chi connectivity index (χ0) is 18.9. The van der Waals surface area contributed by atoms with Crippen LogP contribution in [0.4, 0.5) is 11.4 Å². The summed E-state index contributed by atoms with van der Waals surface area (Å²) in [6.07, 6.45) is 0.932. The van der Waals surface area contributed by atoms with Gasteiger partial charge in [-0.3, -0.25) is 19.8 Å². The van der Waals surface area contributed by atoms with Crippen LogP contribution in [0.25, 0.3) is 0 Å². The van der Waals surface area contributed by atoms with Crippen LogP contribution < -0.4 is 10.1 Å². The Morgan fingerprint density at radius 2 is 1.96 bits per heavy atom. The molecule has 0 unspecified atom stereocenters. The van der Waals surface area contributed by atoms with Crippen molar-refractivity contribution in [3.05, 3.63) is 64.2 Å². The molecule has 2 aromatic rings. The van der Waals surface area contributed by atoms with Crippen molar-refractivity contribution in [2.45, 2.75) is 19.9 Å². The number of nitrogens with one attached hydrogen (secondary N) is 1. The predicted octanol–water partition coefficient (Wildman–Crippen LogP) is 3.45. The molecule has 7 heteroatoms. The number of carbonyl (C=O) groups is 1. The minimum Gasteiger partial charge on any atom is -0.494 e. The minimum atomic E-state index is -0.503. The lowest BCUT2D eigenvalue weighted by Crippen LogP contribution is -2.33. The molecule has 2 aromatic carbocycles. The minimum absolute atomic E-state index is 0.0865. The van der Waals surface area contributed by atoms with E-state index < -0.39 is 4.92 Å². The van der Waals surface area contributed by atoms with Gasteiger partial charge < -0.3 is 10.1 Å². The molecule has 0 saturated carbocycles. The van der Waals surface area contributed by atoms with Gasteiger partial charge in [-0.2, -0.15) is 0 Å². The number of rotatable bonds is 9. The molecule has 0 bridgehead atoms. The quantitative estimate of drug-likeness (QED) is 0.549. The fourth-order valence-corrected chi connectivity index (χ4v) is 2.66. The van der Waals surface area contributed by atoms with Crippen molar-refractivity contribution >= 4 is 17.3 Å². The van der Waals surface area contributed by atoms with Gasteiger partial charge >= 0.3 is 0 Å². The molecule has 7 nitrogen and oxygen atoms in total. The molecule has 0 aliphatic rings. The van der Waals surface area contributed by atoms with Crippen LogP contribution in [0.3, 0.4) is 0 Å². The largest absolute Gasteiger partial charge is 0.494 e. The number of carbonyl (C=O) groups excluding carboxylic acids is 1. The second-order valence-corrected chi connectivity index (χ2v) is 5.89. The van der Waals surface area contributed by atoms with Gasteiger partial charge in [0.25, 0.3) is 5.69 Å². The molecule has 138 valence electrons. The lowest BCUT2D eigenvalue weighted by molar-refractivity contribution is -0.384. The zero-order valence-corrected chi connectivity index (χ0v) is 15.0. The van der Waals surface area contributed by atoms with E-state index in [9.17, 15) is 14.9 Å². The highest BCUT2D eigenvalue weighted by Crippen LogP contribution is 2.28. The van der Waals surface area contributed by atoms with E-state index >= 15 is 0 Å². The number of nitro groups is 1. The Bertz CT molecular complexity index is 750. The maximum absolute atomic E-state index is 12.4. The van der Waals surface area contributed by atoms with E-state index in [4.69, 9.17) is 4.74 Å². The molecular weight excluding hydrogens is 334 g/mol. The van der Waals surface area contributed by atoms with Crippen molar-refractivity contribution in [3.8, 4) is 5.75 Å². The average molecular weight is 357 g/mol. The fourth-order valence-electron chi connectivity index (χ4n) is 2.66. The van der Waals surface area contributed by atoms with E-state index in [1.54, 1.807) is 0 Å². The summed E-state index contributed by atoms with van der Waals surface area (Å²) in [6, 6.07) is 14.1. The van der Waals surface area contributed by atoms with Crippen LogP contribution in [0.2, 0.25) is 0 Å². The van der Waals surface area contributed by atoms with Crippen molar-refractivity contribution in [1.29, 1.82) is 0 Å². The maximum Gasteiger partial charge on any atom is 0.273 e. The third-order valence-corrected chi connectivity index (χ3v) is 3.83. The van der Waals surface area contributed by atoms with Gasteiger partial charge in [-0.25, -0.2) is 0 Å². The van der Waals surface area contributed by atoms with Gasteiger partial charge in [-0.05, 0) is 24.6 Å². The van der Waals surface area contributed by atoms with Crippen molar-refractivity contribution in [2.75, 3.05) is 25.5 Å². The molecule has 0 aliphatic heterocycles. The SMILES string of the molecule is CCCN(CC(=O)Nc1ccc([N+](=O)[O-])cc1OC)Cc1ccccc1. The number of methoxy groups -OCH3 is 1. The molecule has 1 N–H and O–H groups in total. The van der Waals surface area contributed by atoms with Crippen LogP contribution >= 0.6 is 0 Å². The second kappa shape index (κ2) is 9.53. The molecule has 0 saturated heterocycles. The van der Waals surface area contributed by atoms with Crippen molar-refractivity contribution in [1.82, 2.24) is 4.90 Å². The highest BCUT2D eigenvalue weighted by Gasteiger charge is 2.15. The third kappa shape index (κ3) is 5.56. The van der Waals surface area contributed by atoms with Crippen molar-refractivity contribution in [3.63, 3.8) is 0 Å². The highest BCUT2D eigenvalue weighted by atomic mass is 16.6. The number of amides is 1. The smallest absolute Gasteiger partial charge is 0.273 e. The Hall–Kier alpha value is -2.93. The topological polar surface area (TPSA) is 84.7 Å². The van der Waals surface area contributed by atoms with Crippen molar-refractivity contribution < 1.29 is 14.5 Å².